The first kappa shape index (κ1) is 40.5. The molecule has 246 valence electrons. The van der Waals surface area contributed by atoms with Crippen LogP contribution in [0.15, 0.2) is 48.6 Å². The summed E-state index contributed by atoms with van der Waals surface area (Å²) in [6.07, 6.45) is 33.2. The van der Waals surface area contributed by atoms with Gasteiger partial charge in [-0.05, 0) is 50.5 Å². The molecule has 0 radical (unpaired) electrons. The number of hydrogen-bond acceptors (Lipinski definition) is 6. The Kier molecular flexibility index (Phi) is 29.2. The summed E-state index contributed by atoms with van der Waals surface area (Å²) >= 11 is 0. The fourth-order valence-electron chi connectivity index (χ4n) is 4.40. The van der Waals surface area contributed by atoms with E-state index in [0.717, 1.165) is 44.4 Å². The number of unbranched alkanes of at least 4 members (excludes halogenated alkanes) is 10. The lowest BCUT2D eigenvalue weighted by Gasteiger charge is -2.15. The van der Waals surface area contributed by atoms with E-state index in [2.05, 4.69) is 45.1 Å². The van der Waals surface area contributed by atoms with E-state index in [9.17, 15) is 19.5 Å². The third-order valence-corrected chi connectivity index (χ3v) is 7.03. The van der Waals surface area contributed by atoms with Crippen LogP contribution < -0.4 is 0 Å². The molecule has 43 heavy (non-hydrogen) atoms. The van der Waals surface area contributed by atoms with Gasteiger partial charge in [0.15, 0.2) is 11.9 Å². The van der Waals surface area contributed by atoms with Crippen LogP contribution in [-0.2, 0) is 23.9 Å². The second-order valence-corrected chi connectivity index (χ2v) is 11.8. The van der Waals surface area contributed by atoms with Crippen LogP contribution in [0, 0.1) is 5.92 Å². The molecule has 0 aromatic rings. The number of esters is 2. The average Bonchev–Trinajstić information content (AvgIpc) is 2.98. The predicted molar refractivity (Wildman–Crippen MR) is 178 cm³/mol. The van der Waals surface area contributed by atoms with Crippen molar-refractivity contribution < 1.29 is 29.0 Å². The first-order valence-corrected chi connectivity index (χ1v) is 17.0. The van der Waals surface area contributed by atoms with Crippen LogP contribution in [0.5, 0.6) is 0 Å². The van der Waals surface area contributed by atoms with Crippen LogP contribution in [0.1, 0.15) is 143 Å². The molecule has 1 atom stereocenters. The van der Waals surface area contributed by atoms with E-state index in [1.165, 1.54) is 63.9 Å². The SMILES string of the molecule is CCCCC/C=C\C/C=C\C/C=C\C=C\C(=O)CCCC(=O)OC[C@H](CO)OC(=O)CCCCCCCCCCC(C)C. The highest BCUT2D eigenvalue weighted by Gasteiger charge is 2.16. The molecule has 0 heterocycles. The van der Waals surface area contributed by atoms with Crippen molar-refractivity contribution in [3.05, 3.63) is 48.6 Å². The van der Waals surface area contributed by atoms with E-state index in [-0.39, 0.29) is 31.2 Å². The van der Waals surface area contributed by atoms with Crippen molar-refractivity contribution in [3.8, 4) is 0 Å². The number of ether oxygens (including phenoxy) is 2. The van der Waals surface area contributed by atoms with Crippen molar-refractivity contribution in [1.29, 1.82) is 0 Å². The molecule has 0 unspecified atom stereocenters. The summed E-state index contributed by atoms with van der Waals surface area (Å²) in [6, 6.07) is 0. The van der Waals surface area contributed by atoms with E-state index >= 15 is 0 Å². The van der Waals surface area contributed by atoms with Crippen LogP contribution >= 0.6 is 0 Å². The molecule has 0 saturated heterocycles. The minimum atomic E-state index is -0.861. The monoisotopic (exact) mass is 602 g/mol. The number of rotatable bonds is 29. The minimum Gasteiger partial charge on any atom is -0.462 e. The van der Waals surface area contributed by atoms with Gasteiger partial charge in [-0.1, -0.05) is 128 Å². The average molecular weight is 603 g/mol. The standard InChI is InChI=1S/C37H62O6/c1-4-5-6-7-8-9-10-11-12-13-17-20-23-27-34(39)28-25-30-36(40)42-32-35(31-38)43-37(41)29-24-21-18-15-14-16-19-22-26-33(2)3/h8-9,11-12,17,20,23,27,33,35,38H,4-7,10,13-16,18-19,21-22,24-26,28-32H2,1-3H3/b9-8-,12-11-,20-17-,27-23+/t35-/m0/s1. The fourth-order valence-corrected chi connectivity index (χ4v) is 4.40. The molecule has 0 spiro atoms. The molecule has 0 aliphatic carbocycles. The van der Waals surface area contributed by atoms with Gasteiger partial charge in [-0.2, -0.15) is 0 Å². The first-order valence-electron chi connectivity index (χ1n) is 17.0. The number of carbonyl (C=O) groups excluding carboxylic acids is 3. The van der Waals surface area contributed by atoms with E-state index in [0.29, 0.717) is 12.8 Å². The van der Waals surface area contributed by atoms with Crippen molar-refractivity contribution >= 4 is 17.7 Å². The molecular weight excluding hydrogens is 540 g/mol. The predicted octanol–water partition coefficient (Wildman–Crippen LogP) is 9.32. The maximum absolute atomic E-state index is 12.1. The van der Waals surface area contributed by atoms with Gasteiger partial charge in [-0.25, -0.2) is 0 Å². The molecule has 0 aliphatic rings. The summed E-state index contributed by atoms with van der Waals surface area (Å²) < 4.78 is 10.4. The van der Waals surface area contributed by atoms with E-state index in [1.54, 1.807) is 6.08 Å². The van der Waals surface area contributed by atoms with Crippen LogP contribution in [0.25, 0.3) is 0 Å². The van der Waals surface area contributed by atoms with Gasteiger partial charge in [0.1, 0.15) is 6.61 Å². The van der Waals surface area contributed by atoms with Gasteiger partial charge in [0, 0.05) is 19.3 Å². The fraction of sp³-hybridized carbons (Fsp3) is 0.703. The highest BCUT2D eigenvalue weighted by atomic mass is 16.6. The largest absolute Gasteiger partial charge is 0.462 e. The number of carbonyl (C=O) groups is 3. The normalized spacial score (nSPS) is 12.8. The third-order valence-electron chi connectivity index (χ3n) is 7.03. The number of aliphatic hydroxyl groups is 1. The maximum Gasteiger partial charge on any atom is 0.306 e. The number of allylic oxidation sites excluding steroid dienone is 8. The first-order chi connectivity index (χ1) is 20.9. The van der Waals surface area contributed by atoms with Crippen molar-refractivity contribution in [2.75, 3.05) is 13.2 Å². The Bertz CT molecular complexity index is 808. The van der Waals surface area contributed by atoms with Crippen molar-refractivity contribution in [2.24, 2.45) is 5.92 Å². The van der Waals surface area contributed by atoms with Crippen molar-refractivity contribution in [2.45, 2.75) is 149 Å². The molecule has 0 amide bonds. The zero-order chi connectivity index (χ0) is 31.8. The Morgan fingerprint density at radius 1 is 0.674 bits per heavy atom. The Hall–Kier alpha value is -2.47. The summed E-state index contributed by atoms with van der Waals surface area (Å²) in [4.78, 5) is 36.1. The van der Waals surface area contributed by atoms with E-state index in [4.69, 9.17) is 9.47 Å². The number of hydrogen-bond donors (Lipinski definition) is 1. The second-order valence-electron chi connectivity index (χ2n) is 11.8. The summed E-state index contributed by atoms with van der Waals surface area (Å²) in [7, 11) is 0. The quantitative estimate of drug-likeness (QED) is 0.0302. The van der Waals surface area contributed by atoms with E-state index < -0.39 is 18.7 Å². The van der Waals surface area contributed by atoms with Crippen LogP contribution in [-0.4, -0.2) is 42.1 Å². The summed E-state index contributed by atoms with van der Waals surface area (Å²) in [5.41, 5.74) is 0. The Labute approximate surface area is 263 Å². The topological polar surface area (TPSA) is 89.9 Å². The molecule has 6 nitrogen and oxygen atoms in total. The van der Waals surface area contributed by atoms with Crippen LogP contribution in [0.2, 0.25) is 0 Å². The van der Waals surface area contributed by atoms with Gasteiger partial charge in [-0.15, -0.1) is 0 Å². The smallest absolute Gasteiger partial charge is 0.306 e. The number of ketones is 1. The molecular formula is C37H62O6. The van der Waals surface area contributed by atoms with Gasteiger partial charge in [0.05, 0.1) is 6.61 Å². The second kappa shape index (κ2) is 31.0. The Balaban J connectivity index is 3.84. The van der Waals surface area contributed by atoms with Crippen molar-refractivity contribution in [3.63, 3.8) is 0 Å². The summed E-state index contributed by atoms with van der Waals surface area (Å²) in [5.74, 6) is -0.115. The van der Waals surface area contributed by atoms with Crippen molar-refractivity contribution in [1.82, 2.24) is 0 Å². The molecule has 0 fully saturated rings. The molecule has 0 aromatic carbocycles. The van der Waals surface area contributed by atoms with Crippen LogP contribution in [0.3, 0.4) is 0 Å². The summed E-state index contributed by atoms with van der Waals surface area (Å²) in [5, 5.41) is 9.48. The highest BCUT2D eigenvalue weighted by molar-refractivity contribution is 5.90. The maximum atomic E-state index is 12.1. The molecule has 1 N–H and O–H groups in total. The summed E-state index contributed by atoms with van der Waals surface area (Å²) in [6.45, 7) is 6.16. The molecule has 0 aliphatic heterocycles. The zero-order valence-corrected chi connectivity index (χ0v) is 27.6. The van der Waals surface area contributed by atoms with E-state index in [1.807, 2.05) is 12.2 Å². The lowest BCUT2D eigenvalue weighted by Crippen LogP contribution is -2.28. The molecule has 6 heteroatoms. The van der Waals surface area contributed by atoms with Gasteiger partial charge in [-0.3, -0.25) is 14.4 Å². The lowest BCUT2D eigenvalue weighted by molar-refractivity contribution is -0.161. The van der Waals surface area contributed by atoms with Gasteiger partial charge >= 0.3 is 11.9 Å². The molecule has 0 bridgehead atoms. The Morgan fingerprint density at radius 3 is 1.98 bits per heavy atom. The number of aliphatic hydroxyl groups excluding tert-OH is 1. The molecule has 0 saturated carbocycles. The molecule has 0 aromatic heterocycles. The van der Waals surface area contributed by atoms with Gasteiger partial charge in [0.25, 0.3) is 0 Å². The van der Waals surface area contributed by atoms with Crippen LogP contribution in [0.4, 0.5) is 0 Å². The third kappa shape index (κ3) is 30.8. The van der Waals surface area contributed by atoms with Gasteiger partial charge < -0.3 is 14.6 Å². The Morgan fingerprint density at radius 2 is 1.30 bits per heavy atom. The lowest BCUT2D eigenvalue weighted by atomic mass is 10.0. The zero-order valence-electron chi connectivity index (χ0n) is 27.6. The highest BCUT2D eigenvalue weighted by Crippen LogP contribution is 2.13. The molecule has 0 rings (SSSR count). The minimum absolute atomic E-state index is 0.0509. The van der Waals surface area contributed by atoms with Gasteiger partial charge in [0.2, 0.25) is 0 Å².